The van der Waals surface area contributed by atoms with Gasteiger partial charge in [0.2, 0.25) is 0 Å². The molecular formula is C10H18N4O4S. The van der Waals surface area contributed by atoms with Crippen LogP contribution in [0.25, 0.3) is 0 Å². The molecule has 1 rings (SSSR count). The highest BCUT2D eigenvalue weighted by Crippen LogP contribution is 2.11. The molecule has 0 saturated carbocycles. The number of H-pyrrole nitrogens is 1. The maximum Gasteiger partial charge on any atom is 0.306 e. The van der Waals surface area contributed by atoms with Gasteiger partial charge in [0, 0.05) is 31.4 Å². The monoisotopic (exact) mass is 290 g/mol. The number of nitrogens with zero attached hydrogens (tertiary/aromatic N) is 2. The van der Waals surface area contributed by atoms with E-state index in [0.29, 0.717) is 0 Å². The fourth-order valence-corrected chi connectivity index (χ4v) is 2.44. The SMILES string of the molecule is COC(=O)CCN(C)S(=O)(=O)NC(C)c1cn[nH]c1. The van der Waals surface area contributed by atoms with Crippen molar-refractivity contribution in [1.82, 2.24) is 19.2 Å². The van der Waals surface area contributed by atoms with Gasteiger partial charge in [0.15, 0.2) is 0 Å². The van der Waals surface area contributed by atoms with Crippen LogP contribution < -0.4 is 4.72 Å². The fourth-order valence-electron chi connectivity index (χ4n) is 1.35. The molecule has 19 heavy (non-hydrogen) atoms. The topological polar surface area (TPSA) is 104 Å². The summed E-state index contributed by atoms with van der Waals surface area (Å²) in [6.07, 6.45) is 3.16. The Kier molecular flexibility index (Phi) is 5.45. The third-order valence-corrected chi connectivity index (χ3v) is 4.27. The molecule has 2 N–H and O–H groups in total. The fraction of sp³-hybridized carbons (Fsp3) is 0.600. The molecule has 9 heteroatoms. The summed E-state index contributed by atoms with van der Waals surface area (Å²) in [7, 11) is -0.999. The van der Waals surface area contributed by atoms with E-state index in [4.69, 9.17) is 0 Å². The van der Waals surface area contributed by atoms with E-state index in [2.05, 4.69) is 19.7 Å². The zero-order chi connectivity index (χ0) is 14.5. The Hall–Kier alpha value is -1.45. The van der Waals surface area contributed by atoms with Crippen molar-refractivity contribution in [3.63, 3.8) is 0 Å². The zero-order valence-electron chi connectivity index (χ0n) is 11.1. The van der Waals surface area contributed by atoms with Crippen LogP contribution in [0.3, 0.4) is 0 Å². The second kappa shape index (κ2) is 6.64. The number of hydrogen-bond donors (Lipinski definition) is 2. The number of esters is 1. The predicted octanol–water partition coefficient (Wildman–Crippen LogP) is -0.200. The van der Waals surface area contributed by atoms with Crippen molar-refractivity contribution in [3.05, 3.63) is 18.0 Å². The molecule has 1 atom stereocenters. The molecule has 1 aromatic rings. The van der Waals surface area contributed by atoms with Crippen molar-refractivity contribution in [2.45, 2.75) is 19.4 Å². The minimum atomic E-state index is -3.66. The van der Waals surface area contributed by atoms with Gasteiger partial charge in [0.05, 0.1) is 19.7 Å². The van der Waals surface area contributed by atoms with Crippen molar-refractivity contribution in [1.29, 1.82) is 0 Å². The van der Waals surface area contributed by atoms with Crippen LogP contribution in [0.4, 0.5) is 0 Å². The third kappa shape index (κ3) is 4.62. The first kappa shape index (κ1) is 15.6. The Morgan fingerprint density at radius 1 is 1.63 bits per heavy atom. The van der Waals surface area contributed by atoms with E-state index in [0.717, 1.165) is 9.87 Å². The summed E-state index contributed by atoms with van der Waals surface area (Å²) < 4.78 is 32.0. The van der Waals surface area contributed by atoms with Gasteiger partial charge in [-0.15, -0.1) is 0 Å². The number of carbonyl (C=O) groups excluding carboxylic acids is 1. The number of aromatic nitrogens is 2. The van der Waals surface area contributed by atoms with E-state index in [9.17, 15) is 13.2 Å². The highest BCUT2D eigenvalue weighted by atomic mass is 32.2. The Labute approximate surface area is 112 Å². The second-order valence-corrected chi connectivity index (χ2v) is 5.83. The van der Waals surface area contributed by atoms with Crippen LogP contribution >= 0.6 is 0 Å². The normalized spacial score (nSPS) is 13.5. The van der Waals surface area contributed by atoms with E-state index in [1.807, 2.05) is 0 Å². The molecule has 1 heterocycles. The average molecular weight is 290 g/mol. The van der Waals surface area contributed by atoms with Gasteiger partial charge < -0.3 is 4.74 Å². The van der Waals surface area contributed by atoms with Crippen LogP contribution in [-0.4, -0.2) is 49.6 Å². The van der Waals surface area contributed by atoms with E-state index in [1.54, 1.807) is 19.3 Å². The molecular weight excluding hydrogens is 272 g/mol. The van der Waals surface area contributed by atoms with Crippen molar-refractivity contribution in [2.24, 2.45) is 0 Å². The smallest absolute Gasteiger partial charge is 0.306 e. The van der Waals surface area contributed by atoms with Crippen molar-refractivity contribution in [2.75, 3.05) is 20.7 Å². The Balaban J connectivity index is 2.57. The molecule has 0 aliphatic rings. The van der Waals surface area contributed by atoms with Crippen molar-refractivity contribution in [3.8, 4) is 0 Å². The van der Waals surface area contributed by atoms with Gasteiger partial charge in [-0.05, 0) is 6.92 Å². The molecule has 1 unspecified atom stereocenters. The van der Waals surface area contributed by atoms with Crippen molar-refractivity contribution < 1.29 is 17.9 Å². The summed E-state index contributed by atoms with van der Waals surface area (Å²) in [5.74, 6) is -0.454. The highest BCUT2D eigenvalue weighted by molar-refractivity contribution is 7.87. The molecule has 0 spiro atoms. The minimum absolute atomic E-state index is 0.00794. The van der Waals surface area contributed by atoms with Crippen LogP contribution in [0, 0.1) is 0 Å². The van der Waals surface area contributed by atoms with Gasteiger partial charge in [-0.1, -0.05) is 0 Å². The van der Waals surface area contributed by atoms with E-state index < -0.39 is 22.2 Å². The van der Waals surface area contributed by atoms with E-state index in [-0.39, 0.29) is 13.0 Å². The molecule has 0 aliphatic heterocycles. The number of ether oxygens (including phenoxy) is 1. The number of hydrogen-bond acceptors (Lipinski definition) is 5. The Morgan fingerprint density at radius 3 is 2.84 bits per heavy atom. The number of methoxy groups -OCH3 is 1. The Bertz CT molecular complexity index is 500. The maximum absolute atomic E-state index is 12.0. The Morgan fingerprint density at radius 2 is 2.32 bits per heavy atom. The summed E-state index contributed by atoms with van der Waals surface area (Å²) in [6, 6.07) is -0.413. The summed E-state index contributed by atoms with van der Waals surface area (Å²) in [5.41, 5.74) is 0.727. The lowest BCUT2D eigenvalue weighted by atomic mass is 10.2. The summed E-state index contributed by atoms with van der Waals surface area (Å²) in [4.78, 5) is 11.0. The van der Waals surface area contributed by atoms with Crippen LogP contribution in [-0.2, 0) is 19.7 Å². The summed E-state index contributed by atoms with van der Waals surface area (Å²) >= 11 is 0. The minimum Gasteiger partial charge on any atom is -0.469 e. The highest BCUT2D eigenvalue weighted by Gasteiger charge is 2.21. The second-order valence-electron chi connectivity index (χ2n) is 4.02. The van der Waals surface area contributed by atoms with Gasteiger partial charge in [-0.3, -0.25) is 9.89 Å². The molecule has 0 aromatic carbocycles. The first-order valence-electron chi connectivity index (χ1n) is 5.66. The largest absolute Gasteiger partial charge is 0.469 e. The van der Waals surface area contributed by atoms with E-state index >= 15 is 0 Å². The first-order valence-corrected chi connectivity index (χ1v) is 7.10. The van der Waals surface area contributed by atoms with Crippen LogP contribution in [0.5, 0.6) is 0 Å². The number of nitrogens with one attached hydrogen (secondary N) is 2. The first-order chi connectivity index (χ1) is 8.86. The number of aromatic amines is 1. The predicted molar refractivity (Wildman–Crippen MR) is 68.3 cm³/mol. The van der Waals surface area contributed by atoms with Crippen LogP contribution in [0.15, 0.2) is 12.4 Å². The lowest BCUT2D eigenvalue weighted by molar-refractivity contribution is -0.140. The molecule has 0 saturated heterocycles. The van der Waals surface area contributed by atoms with Crippen LogP contribution in [0.2, 0.25) is 0 Å². The lowest BCUT2D eigenvalue weighted by Crippen LogP contribution is -2.40. The number of carbonyl (C=O) groups is 1. The summed E-state index contributed by atoms with van der Waals surface area (Å²) in [6.45, 7) is 1.76. The quantitative estimate of drug-likeness (QED) is 0.677. The third-order valence-electron chi connectivity index (χ3n) is 2.61. The maximum atomic E-state index is 12.0. The lowest BCUT2D eigenvalue weighted by Gasteiger charge is -2.20. The van der Waals surface area contributed by atoms with Gasteiger partial charge in [0.25, 0.3) is 10.2 Å². The molecule has 0 amide bonds. The van der Waals surface area contributed by atoms with Gasteiger partial charge >= 0.3 is 5.97 Å². The zero-order valence-corrected chi connectivity index (χ0v) is 11.9. The summed E-state index contributed by atoms with van der Waals surface area (Å²) in [5, 5.41) is 6.37. The van der Waals surface area contributed by atoms with Crippen molar-refractivity contribution >= 4 is 16.2 Å². The molecule has 0 aliphatic carbocycles. The average Bonchev–Trinajstić information content (AvgIpc) is 2.88. The standard InChI is InChI=1S/C10H18N4O4S/c1-8(9-6-11-12-7-9)13-19(16,17)14(2)5-4-10(15)18-3/h6-8,13H,4-5H2,1-3H3,(H,11,12). The van der Waals surface area contributed by atoms with E-state index in [1.165, 1.54) is 14.2 Å². The number of rotatable bonds is 7. The molecule has 0 radical (unpaired) electrons. The van der Waals surface area contributed by atoms with Crippen LogP contribution in [0.1, 0.15) is 24.9 Å². The molecule has 108 valence electrons. The molecule has 1 aromatic heterocycles. The van der Waals surface area contributed by atoms with Gasteiger partial charge in [-0.25, -0.2) is 0 Å². The molecule has 0 fully saturated rings. The molecule has 8 nitrogen and oxygen atoms in total. The van der Waals surface area contributed by atoms with Gasteiger partial charge in [-0.2, -0.15) is 22.5 Å². The van der Waals surface area contributed by atoms with Gasteiger partial charge in [0.1, 0.15) is 0 Å². The molecule has 0 bridgehead atoms.